The summed E-state index contributed by atoms with van der Waals surface area (Å²) < 4.78 is 2.96. The normalized spacial score (nSPS) is 13.8. The van der Waals surface area contributed by atoms with Gasteiger partial charge in [-0.3, -0.25) is 14.4 Å². The Hall–Kier alpha value is -3.33. The topological polar surface area (TPSA) is 63.1 Å². The Bertz CT molecular complexity index is 1550. The van der Waals surface area contributed by atoms with E-state index < -0.39 is 0 Å². The quantitative estimate of drug-likeness (QED) is 0.260. The van der Waals surface area contributed by atoms with Crippen molar-refractivity contribution in [2.75, 3.05) is 11.9 Å². The molecule has 0 radical (unpaired) electrons. The maximum absolute atomic E-state index is 13.5. The highest BCUT2D eigenvalue weighted by Crippen LogP contribution is 2.46. The number of aryl methyl sites for hydroxylation is 1. The predicted octanol–water partition coefficient (Wildman–Crippen LogP) is 6.92. The highest BCUT2D eigenvalue weighted by Gasteiger charge is 2.28. The number of anilines is 1. The second-order valence-corrected chi connectivity index (χ2v) is 11.9. The lowest BCUT2D eigenvalue weighted by atomic mass is 10.0. The highest BCUT2D eigenvalue weighted by atomic mass is 32.1. The van der Waals surface area contributed by atoms with Gasteiger partial charge in [-0.05, 0) is 56.5 Å². The highest BCUT2D eigenvalue weighted by molar-refractivity contribution is 7.23. The van der Waals surface area contributed by atoms with Gasteiger partial charge in [-0.2, -0.15) is 5.10 Å². The summed E-state index contributed by atoms with van der Waals surface area (Å²) in [6, 6.07) is 20.8. The zero-order chi connectivity index (χ0) is 25.5. The molecule has 4 heterocycles. The first-order chi connectivity index (χ1) is 18.0. The summed E-state index contributed by atoms with van der Waals surface area (Å²) in [5.74, 6) is -0.128. The van der Waals surface area contributed by atoms with E-state index in [-0.39, 0.29) is 11.9 Å². The number of nitrogens with zero attached hydrogens (tertiary/aromatic N) is 4. The van der Waals surface area contributed by atoms with Crippen LogP contribution in [0.2, 0.25) is 0 Å². The van der Waals surface area contributed by atoms with Crippen LogP contribution in [0.15, 0.2) is 60.7 Å². The minimum Gasteiger partial charge on any atom is -0.312 e. The van der Waals surface area contributed by atoms with Gasteiger partial charge in [0.15, 0.2) is 0 Å². The molecule has 6 nitrogen and oxygen atoms in total. The number of rotatable bonds is 6. The molecule has 0 atom stereocenters. The number of carbonyl (C=O) groups is 1. The molecule has 0 bridgehead atoms. The molecule has 0 aliphatic carbocycles. The minimum absolute atomic E-state index is 0.0984. The van der Waals surface area contributed by atoms with Gasteiger partial charge in [0.25, 0.3) is 5.91 Å². The Morgan fingerprint density at radius 1 is 1.08 bits per heavy atom. The Morgan fingerprint density at radius 2 is 1.86 bits per heavy atom. The molecular formula is C29H29N5OS2. The van der Waals surface area contributed by atoms with Gasteiger partial charge >= 0.3 is 0 Å². The largest absolute Gasteiger partial charge is 0.312 e. The Balaban J connectivity index is 1.38. The van der Waals surface area contributed by atoms with Crippen molar-refractivity contribution in [2.45, 2.75) is 46.3 Å². The molecular weight excluding hydrogens is 498 g/mol. The van der Waals surface area contributed by atoms with E-state index in [1.54, 1.807) is 27.4 Å². The lowest BCUT2D eigenvalue weighted by Gasteiger charge is -2.27. The maximum atomic E-state index is 13.5. The number of nitrogens with one attached hydrogen (secondary N) is 1. The summed E-state index contributed by atoms with van der Waals surface area (Å²) in [7, 11) is 0. The van der Waals surface area contributed by atoms with Gasteiger partial charge < -0.3 is 5.32 Å². The Labute approximate surface area is 224 Å². The van der Waals surface area contributed by atoms with Crippen LogP contribution >= 0.6 is 22.7 Å². The number of benzene rings is 2. The van der Waals surface area contributed by atoms with E-state index in [9.17, 15) is 4.79 Å². The van der Waals surface area contributed by atoms with Crippen molar-refractivity contribution >= 4 is 43.8 Å². The molecule has 1 N–H and O–H groups in total. The van der Waals surface area contributed by atoms with Crippen LogP contribution in [0.25, 0.3) is 20.8 Å². The first-order valence-electron chi connectivity index (χ1n) is 12.6. The van der Waals surface area contributed by atoms with Crippen molar-refractivity contribution in [3.8, 4) is 10.6 Å². The van der Waals surface area contributed by atoms with Crippen LogP contribution in [0.4, 0.5) is 5.00 Å². The number of hydrogen-bond acceptors (Lipinski definition) is 6. The number of thiophene rings is 1. The average Bonchev–Trinajstić information content (AvgIpc) is 3.58. The third kappa shape index (κ3) is 4.72. The molecule has 3 aromatic heterocycles. The standard InChI is InChI=1S/C29H29N5OS2/c1-18(2)34-23(15-19(3)32-34)27(35)31-29-26(28-30-22-11-7-8-12-24(22)36-28)21-13-14-33(17-25(21)37-29)16-20-9-5-4-6-10-20/h4-12,15,18H,13-14,16-17H2,1-3H3,(H,31,35). The fraction of sp³-hybridized carbons (Fsp3) is 0.276. The zero-order valence-electron chi connectivity index (χ0n) is 21.2. The molecule has 1 aliphatic heterocycles. The molecule has 5 aromatic rings. The van der Waals surface area contributed by atoms with Crippen LogP contribution in [-0.4, -0.2) is 32.1 Å². The maximum Gasteiger partial charge on any atom is 0.274 e. The number of carbonyl (C=O) groups excluding carboxylic acids is 1. The molecule has 6 rings (SSSR count). The SMILES string of the molecule is Cc1cc(C(=O)Nc2sc3c(c2-c2nc4ccccc4s2)CCN(Cc2ccccc2)C3)n(C(C)C)n1. The molecule has 37 heavy (non-hydrogen) atoms. The Kier molecular flexibility index (Phi) is 6.40. The third-order valence-electron chi connectivity index (χ3n) is 6.70. The van der Waals surface area contributed by atoms with Crippen LogP contribution in [0.5, 0.6) is 0 Å². The molecule has 0 saturated carbocycles. The van der Waals surface area contributed by atoms with Crippen molar-refractivity contribution in [1.82, 2.24) is 19.7 Å². The number of fused-ring (bicyclic) bond motifs is 2. The number of hydrogen-bond donors (Lipinski definition) is 1. The zero-order valence-corrected chi connectivity index (χ0v) is 22.8. The minimum atomic E-state index is -0.128. The number of amides is 1. The van der Waals surface area contributed by atoms with Crippen molar-refractivity contribution in [1.29, 1.82) is 0 Å². The molecule has 1 amide bonds. The number of thiazole rings is 1. The summed E-state index contributed by atoms with van der Waals surface area (Å²) in [6.45, 7) is 8.77. The van der Waals surface area contributed by atoms with Gasteiger partial charge in [-0.15, -0.1) is 22.7 Å². The third-order valence-corrected chi connectivity index (χ3v) is 8.89. The molecule has 0 saturated heterocycles. The monoisotopic (exact) mass is 527 g/mol. The van der Waals surface area contributed by atoms with Crippen LogP contribution in [0, 0.1) is 6.92 Å². The summed E-state index contributed by atoms with van der Waals surface area (Å²) >= 11 is 3.38. The van der Waals surface area contributed by atoms with Crippen molar-refractivity contribution in [3.63, 3.8) is 0 Å². The second-order valence-electron chi connectivity index (χ2n) is 9.80. The fourth-order valence-corrected chi connectivity index (χ4v) is 7.37. The smallest absolute Gasteiger partial charge is 0.274 e. The van der Waals surface area contributed by atoms with Gasteiger partial charge in [0.1, 0.15) is 15.7 Å². The average molecular weight is 528 g/mol. The summed E-state index contributed by atoms with van der Waals surface area (Å²) in [5.41, 5.74) is 6.14. The van der Waals surface area contributed by atoms with Gasteiger partial charge in [0.05, 0.1) is 15.9 Å². The summed E-state index contributed by atoms with van der Waals surface area (Å²) in [4.78, 5) is 22.3. The van der Waals surface area contributed by atoms with E-state index in [1.807, 2.05) is 39.0 Å². The van der Waals surface area contributed by atoms with Gasteiger partial charge in [-0.1, -0.05) is 42.5 Å². The lowest BCUT2D eigenvalue weighted by Crippen LogP contribution is -2.29. The van der Waals surface area contributed by atoms with Crippen LogP contribution < -0.4 is 5.32 Å². The predicted molar refractivity (Wildman–Crippen MR) is 152 cm³/mol. The summed E-state index contributed by atoms with van der Waals surface area (Å²) in [5, 5.41) is 9.66. The number of aromatic nitrogens is 3. The first kappa shape index (κ1) is 24.0. The molecule has 0 spiro atoms. The van der Waals surface area contributed by atoms with Crippen molar-refractivity contribution < 1.29 is 4.79 Å². The van der Waals surface area contributed by atoms with Crippen molar-refractivity contribution in [2.24, 2.45) is 0 Å². The second kappa shape index (κ2) is 9.85. The van der Waals surface area contributed by atoms with E-state index in [0.29, 0.717) is 5.69 Å². The molecule has 188 valence electrons. The van der Waals surface area contributed by atoms with E-state index in [4.69, 9.17) is 4.98 Å². The molecule has 1 aliphatic rings. The molecule has 0 unspecified atom stereocenters. The van der Waals surface area contributed by atoms with E-state index in [2.05, 4.69) is 57.8 Å². The first-order valence-corrected chi connectivity index (χ1v) is 14.2. The fourth-order valence-electron chi connectivity index (χ4n) is 4.97. The van der Waals surface area contributed by atoms with E-state index >= 15 is 0 Å². The van der Waals surface area contributed by atoms with Gasteiger partial charge in [-0.25, -0.2) is 4.98 Å². The molecule has 8 heteroatoms. The summed E-state index contributed by atoms with van der Waals surface area (Å²) in [6.07, 6.45) is 0.933. The van der Waals surface area contributed by atoms with Crippen LogP contribution in [0.3, 0.4) is 0 Å². The van der Waals surface area contributed by atoms with Gasteiger partial charge in [0.2, 0.25) is 0 Å². The van der Waals surface area contributed by atoms with Crippen molar-refractivity contribution in [3.05, 3.63) is 88.1 Å². The molecule has 0 fully saturated rings. The van der Waals surface area contributed by atoms with Crippen LogP contribution in [0.1, 0.15) is 52.1 Å². The molecule has 2 aromatic carbocycles. The lowest BCUT2D eigenvalue weighted by molar-refractivity contribution is 0.101. The number of para-hydroxylation sites is 1. The van der Waals surface area contributed by atoms with E-state index in [1.165, 1.54) is 16.0 Å². The van der Waals surface area contributed by atoms with Gasteiger partial charge in [0, 0.05) is 36.1 Å². The Morgan fingerprint density at radius 3 is 2.65 bits per heavy atom. The van der Waals surface area contributed by atoms with Crippen LogP contribution in [-0.2, 0) is 19.5 Å². The van der Waals surface area contributed by atoms with E-state index in [0.717, 1.165) is 57.5 Å².